The summed E-state index contributed by atoms with van der Waals surface area (Å²) < 4.78 is 31.6. The predicted molar refractivity (Wildman–Crippen MR) is 62.5 cm³/mol. The minimum Gasteiger partial charge on any atom is -0.465 e. The van der Waals surface area contributed by atoms with Crippen molar-refractivity contribution < 1.29 is 23.4 Å². The predicted octanol–water partition coefficient (Wildman–Crippen LogP) is 1.93. The van der Waals surface area contributed by atoms with Gasteiger partial charge in [-0.1, -0.05) is 0 Å². The molecule has 1 aromatic carbocycles. The molecule has 18 heavy (non-hydrogen) atoms. The zero-order valence-electron chi connectivity index (χ0n) is 10.4. The van der Waals surface area contributed by atoms with Crippen molar-refractivity contribution in [3.63, 3.8) is 0 Å². The van der Waals surface area contributed by atoms with Crippen LogP contribution in [0.3, 0.4) is 0 Å². The lowest BCUT2D eigenvalue weighted by atomic mass is 10.1. The Kier molecular flexibility index (Phi) is 4.24. The maximum absolute atomic E-state index is 13.7. The molecule has 0 bridgehead atoms. The van der Waals surface area contributed by atoms with E-state index < -0.39 is 28.7 Å². The molecule has 0 amide bonds. The Hall–Kier alpha value is -1.69. The highest BCUT2D eigenvalue weighted by Gasteiger charge is 2.23. The molecule has 1 rings (SSSR count). The van der Waals surface area contributed by atoms with E-state index in [9.17, 15) is 13.6 Å². The molecule has 1 aromatic rings. The van der Waals surface area contributed by atoms with E-state index in [1.165, 1.54) is 6.07 Å². The van der Waals surface area contributed by atoms with Crippen LogP contribution in [0.25, 0.3) is 0 Å². The van der Waals surface area contributed by atoms with E-state index in [0.29, 0.717) is 0 Å². The largest absolute Gasteiger partial charge is 0.465 e. The fraction of sp³-hybridized carbons (Fsp3) is 0.417. The normalized spacial score (nSPS) is 11.2. The van der Waals surface area contributed by atoms with Gasteiger partial charge in [0.1, 0.15) is 0 Å². The molecule has 0 aliphatic heterocycles. The Bertz CT molecular complexity index is 461. The highest BCUT2D eigenvalue weighted by molar-refractivity contribution is 5.90. The Balaban J connectivity index is 3.12. The second-order valence-corrected chi connectivity index (χ2v) is 4.45. The number of methoxy groups -OCH3 is 1. The molecular weight excluding hydrogens is 244 g/mol. The van der Waals surface area contributed by atoms with E-state index >= 15 is 0 Å². The van der Waals surface area contributed by atoms with E-state index in [1.54, 1.807) is 13.8 Å². The highest BCUT2D eigenvalue weighted by Crippen LogP contribution is 2.24. The first-order valence-corrected chi connectivity index (χ1v) is 5.27. The van der Waals surface area contributed by atoms with Gasteiger partial charge in [-0.3, -0.25) is 0 Å². The number of carbonyl (C=O) groups is 1. The van der Waals surface area contributed by atoms with Crippen molar-refractivity contribution in [2.45, 2.75) is 19.4 Å². The second kappa shape index (κ2) is 5.30. The van der Waals surface area contributed by atoms with Crippen LogP contribution < -0.4 is 5.32 Å². The molecule has 2 N–H and O–H groups in total. The summed E-state index contributed by atoms with van der Waals surface area (Å²) in [6, 6.07) is 2.35. The summed E-state index contributed by atoms with van der Waals surface area (Å²) in [5.41, 5.74) is -1.40. The summed E-state index contributed by atoms with van der Waals surface area (Å²) in [5, 5.41) is 11.7. The van der Waals surface area contributed by atoms with Crippen molar-refractivity contribution in [3.05, 3.63) is 29.3 Å². The summed E-state index contributed by atoms with van der Waals surface area (Å²) in [6.45, 7) is 2.99. The maximum atomic E-state index is 13.7. The number of ether oxygens (including phenoxy) is 1. The zero-order valence-corrected chi connectivity index (χ0v) is 10.4. The standard InChI is InChI=1S/C12H15F2NO3/c1-12(2,6-16)15-8-5-4-7(11(17)18-3)9(13)10(8)14/h4-5,15-16H,6H2,1-3H3. The summed E-state index contributed by atoms with van der Waals surface area (Å²) >= 11 is 0. The number of rotatable bonds is 4. The first kappa shape index (κ1) is 14.4. The molecule has 0 aliphatic carbocycles. The molecule has 0 spiro atoms. The quantitative estimate of drug-likeness (QED) is 0.811. The molecule has 0 aromatic heterocycles. The molecule has 4 nitrogen and oxygen atoms in total. The van der Waals surface area contributed by atoms with Gasteiger partial charge in [-0.25, -0.2) is 13.6 Å². The monoisotopic (exact) mass is 259 g/mol. The summed E-state index contributed by atoms with van der Waals surface area (Å²) in [4.78, 5) is 11.1. The molecule has 0 saturated carbocycles. The van der Waals surface area contributed by atoms with Gasteiger partial charge in [-0.15, -0.1) is 0 Å². The van der Waals surface area contributed by atoms with E-state index in [2.05, 4.69) is 10.1 Å². The molecule has 0 atom stereocenters. The van der Waals surface area contributed by atoms with E-state index in [-0.39, 0.29) is 12.3 Å². The summed E-state index contributed by atoms with van der Waals surface area (Å²) in [7, 11) is 1.08. The van der Waals surface area contributed by atoms with Crippen molar-refractivity contribution >= 4 is 11.7 Å². The van der Waals surface area contributed by atoms with Crippen molar-refractivity contribution in [3.8, 4) is 0 Å². The third kappa shape index (κ3) is 2.95. The number of hydrogen-bond donors (Lipinski definition) is 2. The minimum atomic E-state index is -1.28. The van der Waals surface area contributed by atoms with Gasteiger partial charge >= 0.3 is 5.97 Å². The van der Waals surface area contributed by atoms with Crippen LogP contribution in [-0.4, -0.2) is 30.3 Å². The summed E-state index contributed by atoms with van der Waals surface area (Å²) in [6.07, 6.45) is 0. The van der Waals surface area contributed by atoms with Gasteiger partial charge in [-0.2, -0.15) is 0 Å². The van der Waals surface area contributed by atoms with Gasteiger partial charge in [0.15, 0.2) is 11.6 Å². The Labute approximate surface area is 104 Å². The Morgan fingerprint density at radius 3 is 2.50 bits per heavy atom. The topological polar surface area (TPSA) is 58.6 Å². The van der Waals surface area contributed by atoms with Gasteiger partial charge in [0.05, 0.1) is 30.5 Å². The number of aliphatic hydroxyl groups is 1. The van der Waals surface area contributed by atoms with Crippen LogP contribution in [0.2, 0.25) is 0 Å². The summed E-state index contributed by atoms with van der Waals surface area (Å²) in [5.74, 6) is -3.40. The molecule has 6 heteroatoms. The lowest BCUT2D eigenvalue weighted by Gasteiger charge is -2.25. The highest BCUT2D eigenvalue weighted by atomic mass is 19.2. The molecule has 0 fully saturated rings. The third-order valence-electron chi connectivity index (χ3n) is 2.36. The number of hydrogen-bond acceptors (Lipinski definition) is 4. The van der Waals surface area contributed by atoms with Gasteiger partial charge in [0.2, 0.25) is 0 Å². The number of esters is 1. The number of nitrogens with one attached hydrogen (secondary N) is 1. The number of aliphatic hydroxyl groups excluding tert-OH is 1. The van der Waals surface area contributed by atoms with Gasteiger partial charge in [0.25, 0.3) is 0 Å². The molecule has 0 saturated heterocycles. The Morgan fingerprint density at radius 1 is 1.39 bits per heavy atom. The molecule has 100 valence electrons. The molecule has 0 aliphatic rings. The zero-order chi connectivity index (χ0) is 13.9. The van der Waals surface area contributed by atoms with Crippen molar-refractivity contribution in [2.24, 2.45) is 0 Å². The molecule has 0 heterocycles. The van der Waals surface area contributed by atoms with E-state index in [1.807, 2.05) is 0 Å². The van der Waals surface area contributed by atoms with Crippen LogP contribution in [0.4, 0.5) is 14.5 Å². The second-order valence-electron chi connectivity index (χ2n) is 4.45. The first-order valence-electron chi connectivity index (χ1n) is 5.27. The minimum absolute atomic E-state index is 0.126. The van der Waals surface area contributed by atoms with Crippen molar-refractivity contribution in [2.75, 3.05) is 19.0 Å². The molecule has 0 unspecified atom stereocenters. The number of carbonyl (C=O) groups excluding carboxylic acids is 1. The van der Waals surface area contributed by atoms with Crippen LogP contribution in [0.15, 0.2) is 12.1 Å². The van der Waals surface area contributed by atoms with Crippen molar-refractivity contribution in [1.82, 2.24) is 0 Å². The fourth-order valence-electron chi connectivity index (χ4n) is 1.32. The Morgan fingerprint density at radius 2 is 2.00 bits per heavy atom. The van der Waals surface area contributed by atoms with Crippen LogP contribution >= 0.6 is 0 Å². The average molecular weight is 259 g/mol. The van der Waals surface area contributed by atoms with E-state index in [0.717, 1.165) is 13.2 Å². The fourth-order valence-corrected chi connectivity index (χ4v) is 1.32. The van der Waals surface area contributed by atoms with Crippen LogP contribution in [0, 0.1) is 11.6 Å². The van der Waals surface area contributed by atoms with Crippen molar-refractivity contribution in [1.29, 1.82) is 0 Å². The SMILES string of the molecule is COC(=O)c1ccc(NC(C)(C)CO)c(F)c1F. The smallest absolute Gasteiger partial charge is 0.340 e. The lowest BCUT2D eigenvalue weighted by Crippen LogP contribution is -2.35. The van der Waals surface area contributed by atoms with Crippen LogP contribution in [0.1, 0.15) is 24.2 Å². The third-order valence-corrected chi connectivity index (χ3v) is 2.36. The number of benzene rings is 1. The number of anilines is 1. The maximum Gasteiger partial charge on any atom is 0.340 e. The van der Waals surface area contributed by atoms with Gasteiger partial charge < -0.3 is 15.2 Å². The van der Waals surface area contributed by atoms with Gasteiger partial charge in [-0.05, 0) is 26.0 Å². The van der Waals surface area contributed by atoms with Gasteiger partial charge in [0, 0.05) is 0 Å². The first-order chi connectivity index (χ1) is 8.32. The molecule has 0 radical (unpaired) electrons. The van der Waals surface area contributed by atoms with Crippen LogP contribution in [0.5, 0.6) is 0 Å². The van der Waals surface area contributed by atoms with E-state index in [4.69, 9.17) is 5.11 Å². The average Bonchev–Trinajstić information content (AvgIpc) is 2.34. The molecular formula is C12H15F2NO3. The van der Waals surface area contributed by atoms with Crippen LogP contribution in [-0.2, 0) is 4.74 Å². The lowest BCUT2D eigenvalue weighted by molar-refractivity contribution is 0.0594. The number of halogens is 2.